The fraction of sp³-hybridized carbons (Fsp3) is 0.385. The predicted octanol–water partition coefficient (Wildman–Crippen LogP) is 1.88. The van der Waals surface area contributed by atoms with Gasteiger partial charge < -0.3 is 5.11 Å². The van der Waals surface area contributed by atoms with Gasteiger partial charge in [0, 0.05) is 13.0 Å². The molecular formula is C13H17N3O. The lowest BCUT2D eigenvalue weighted by molar-refractivity contribution is 0.174. The summed E-state index contributed by atoms with van der Waals surface area (Å²) in [6.45, 7) is 4.80. The maximum Gasteiger partial charge on any atom is 0.138 e. The molecule has 0 bridgehead atoms. The van der Waals surface area contributed by atoms with Crippen LogP contribution in [-0.4, -0.2) is 19.9 Å². The first-order chi connectivity index (χ1) is 8.20. The zero-order valence-corrected chi connectivity index (χ0v) is 10.2. The van der Waals surface area contributed by atoms with Crippen molar-refractivity contribution < 1.29 is 5.11 Å². The Kier molecular flexibility index (Phi) is 3.54. The maximum atomic E-state index is 10.2. The molecular weight excluding hydrogens is 214 g/mol. The van der Waals surface area contributed by atoms with Gasteiger partial charge in [-0.2, -0.15) is 5.10 Å². The lowest BCUT2D eigenvalue weighted by Crippen LogP contribution is -2.09. The quantitative estimate of drug-likeness (QED) is 0.874. The fourth-order valence-electron chi connectivity index (χ4n) is 1.88. The van der Waals surface area contributed by atoms with Gasteiger partial charge in [-0.15, -0.1) is 0 Å². The zero-order chi connectivity index (χ0) is 12.3. The van der Waals surface area contributed by atoms with Crippen LogP contribution in [0, 0.1) is 6.92 Å². The van der Waals surface area contributed by atoms with Crippen molar-refractivity contribution in [3.05, 3.63) is 47.5 Å². The SMILES string of the molecule is CCn1ncnc1CC(O)c1cccc(C)c1. The zero-order valence-electron chi connectivity index (χ0n) is 10.2. The molecule has 1 heterocycles. The van der Waals surface area contributed by atoms with E-state index < -0.39 is 6.10 Å². The molecule has 0 aliphatic heterocycles. The Balaban J connectivity index is 2.14. The van der Waals surface area contributed by atoms with Gasteiger partial charge in [-0.1, -0.05) is 29.8 Å². The molecule has 1 unspecified atom stereocenters. The summed E-state index contributed by atoms with van der Waals surface area (Å²) in [6.07, 6.45) is 1.50. The van der Waals surface area contributed by atoms with Crippen LogP contribution < -0.4 is 0 Å². The molecule has 0 fully saturated rings. The Morgan fingerprint density at radius 1 is 1.41 bits per heavy atom. The normalized spacial score (nSPS) is 12.6. The van der Waals surface area contributed by atoms with Crippen molar-refractivity contribution in [2.45, 2.75) is 32.9 Å². The van der Waals surface area contributed by atoms with Crippen LogP contribution in [0.25, 0.3) is 0 Å². The summed E-state index contributed by atoms with van der Waals surface area (Å²) in [6, 6.07) is 7.91. The van der Waals surface area contributed by atoms with E-state index in [9.17, 15) is 5.11 Å². The first kappa shape index (κ1) is 11.8. The van der Waals surface area contributed by atoms with Crippen molar-refractivity contribution in [1.82, 2.24) is 14.8 Å². The highest BCUT2D eigenvalue weighted by molar-refractivity contribution is 5.24. The predicted molar refractivity (Wildman–Crippen MR) is 65.5 cm³/mol. The lowest BCUT2D eigenvalue weighted by Gasteiger charge is -2.11. The van der Waals surface area contributed by atoms with Crippen molar-refractivity contribution in [3.63, 3.8) is 0 Å². The second-order valence-corrected chi connectivity index (χ2v) is 4.13. The van der Waals surface area contributed by atoms with Gasteiger partial charge in [-0.05, 0) is 19.4 Å². The van der Waals surface area contributed by atoms with Crippen molar-refractivity contribution in [1.29, 1.82) is 0 Å². The van der Waals surface area contributed by atoms with Crippen molar-refractivity contribution in [2.75, 3.05) is 0 Å². The number of hydrogen-bond donors (Lipinski definition) is 1. The van der Waals surface area contributed by atoms with E-state index in [-0.39, 0.29) is 0 Å². The van der Waals surface area contributed by atoms with Crippen LogP contribution >= 0.6 is 0 Å². The van der Waals surface area contributed by atoms with Crippen molar-refractivity contribution in [3.8, 4) is 0 Å². The third kappa shape index (κ3) is 2.71. The second kappa shape index (κ2) is 5.10. The molecule has 0 saturated carbocycles. The molecule has 2 rings (SSSR count). The van der Waals surface area contributed by atoms with Gasteiger partial charge in [-0.3, -0.25) is 4.68 Å². The number of aromatic nitrogens is 3. The monoisotopic (exact) mass is 231 g/mol. The van der Waals surface area contributed by atoms with Gasteiger partial charge in [0.1, 0.15) is 12.2 Å². The molecule has 4 heteroatoms. The standard InChI is InChI=1S/C13H17N3O/c1-3-16-13(14-9-15-16)8-12(17)11-6-4-5-10(2)7-11/h4-7,9,12,17H,3,8H2,1-2H3. The summed E-state index contributed by atoms with van der Waals surface area (Å²) in [5, 5.41) is 14.2. The molecule has 90 valence electrons. The minimum absolute atomic E-state index is 0.497. The maximum absolute atomic E-state index is 10.2. The largest absolute Gasteiger partial charge is 0.388 e. The fourth-order valence-corrected chi connectivity index (χ4v) is 1.88. The van der Waals surface area contributed by atoms with Crippen LogP contribution in [0.1, 0.15) is 30.0 Å². The number of aryl methyl sites for hydroxylation is 2. The number of nitrogens with zero attached hydrogens (tertiary/aromatic N) is 3. The number of aliphatic hydroxyl groups excluding tert-OH is 1. The second-order valence-electron chi connectivity index (χ2n) is 4.13. The third-order valence-corrected chi connectivity index (χ3v) is 2.80. The smallest absolute Gasteiger partial charge is 0.138 e. The Bertz CT molecular complexity index is 493. The summed E-state index contributed by atoms with van der Waals surface area (Å²) in [7, 11) is 0. The Morgan fingerprint density at radius 2 is 2.24 bits per heavy atom. The van der Waals surface area contributed by atoms with Gasteiger partial charge in [-0.25, -0.2) is 4.98 Å². The number of aliphatic hydroxyl groups is 1. The Morgan fingerprint density at radius 3 is 2.94 bits per heavy atom. The minimum atomic E-state index is -0.524. The van der Waals surface area contributed by atoms with Gasteiger partial charge in [0.2, 0.25) is 0 Å². The van der Waals surface area contributed by atoms with Gasteiger partial charge in [0.05, 0.1) is 6.10 Å². The highest BCUT2D eigenvalue weighted by Gasteiger charge is 2.12. The van der Waals surface area contributed by atoms with E-state index in [1.165, 1.54) is 6.33 Å². The molecule has 2 aromatic rings. The van der Waals surface area contributed by atoms with E-state index in [0.29, 0.717) is 6.42 Å². The van der Waals surface area contributed by atoms with Gasteiger partial charge >= 0.3 is 0 Å². The number of rotatable bonds is 4. The third-order valence-electron chi connectivity index (χ3n) is 2.80. The molecule has 0 amide bonds. The average molecular weight is 231 g/mol. The van der Waals surface area contributed by atoms with E-state index in [1.54, 1.807) is 4.68 Å². The molecule has 0 aliphatic carbocycles. The molecule has 1 N–H and O–H groups in total. The summed E-state index contributed by atoms with van der Waals surface area (Å²) in [4.78, 5) is 4.17. The van der Waals surface area contributed by atoms with Gasteiger partial charge in [0.25, 0.3) is 0 Å². The van der Waals surface area contributed by atoms with E-state index in [2.05, 4.69) is 10.1 Å². The topological polar surface area (TPSA) is 50.9 Å². The highest BCUT2D eigenvalue weighted by Crippen LogP contribution is 2.18. The molecule has 0 radical (unpaired) electrons. The first-order valence-corrected chi connectivity index (χ1v) is 5.82. The van der Waals surface area contributed by atoms with Crippen molar-refractivity contribution >= 4 is 0 Å². The van der Waals surface area contributed by atoms with Crippen LogP contribution in [0.4, 0.5) is 0 Å². The molecule has 4 nitrogen and oxygen atoms in total. The summed E-state index contributed by atoms with van der Waals surface area (Å²) in [5.41, 5.74) is 2.08. The van der Waals surface area contributed by atoms with Crippen molar-refractivity contribution in [2.24, 2.45) is 0 Å². The minimum Gasteiger partial charge on any atom is -0.388 e. The van der Waals surface area contributed by atoms with E-state index in [4.69, 9.17) is 0 Å². The molecule has 1 aromatic heterocycles. The summed E-state index contributed by atoms with van der Waals surface area (Å²) >= 11 is 0. The van der Waals surface area contributed by atoms with Crippen LogP contribution in [0.3, 0.4) is 0 Å². The van der Waals surface area contributed by atoms with Crippen LogP contribution in [0.2, 0.25) is 0 Å². The molecule has 1 atom stereocenters. The number of hydrogen-bond acceptors (Lipinski definition) is 3. The molecule has 1 aromatic carbocycles. The number of benzene rings is 1. The summed E-state index contributed by atoms with van der Waals surface area (Å²) in [5.74, 6) is 0.821. The molecule has 17 heavy (non-hydrogen) atoms. The van der Waals surface area contributed by atoms with E-state index >= 15 is 0 Å². The molecule has 0 saturated heterocycles. The van der Waals surface area contributed by atoms with E-state index in [1.807, 2.05) is 38.1 Å². The summed E-state index contributed by atoms with van der Waals surface area (Å²) < 4.78 is 1.80. The van der Waals surface area contributed by atoms with Crippen LogP contribution in [0.15, 0.2) is 30.6 Å². The average Bonchev–Trinajstić information content (AvgIpc) is 2.76. The lowest BCUT2D eigenvalue weighted by atomic mass is 10.0. The van der Waals surface area contributed by atoms with Gasteiger partial charge in [0.15, 0.2) is 0 Å². The molecule has 0 spiro atoms. The van der Waals surface area contributed by atoms with Crippen LogP contribution in [0.5, 0.6) is 0 Å². The molecule has 0 aliphatic rings. The highest BCUT2D eigenvalue weighted by atomic mass is 16.3. The Hall–Kier alpha value is -1.68. The Labute approximate surface area is 101 Å². The first-order valence-electron chi connectivity index (χ1n) is 5.82. The van der Waals surface area contributed by atoms with Crippen LogP contribution in [-0.2, 0) is 13.0 Å². The van der Waals surface area contributed by atoms with E-state index in [0.717, 1.165) is 23.5 Å².